The van der Waals surface area contributed by atoms with Gasteiger partial charge < -0.3 is 10.3 Å². The molecule has 0 aromatic carbocycles. The molecule has 1 amide bonds. The summed E-state index contributed by atoms with van der Waals surface area (Å²) in [7, 11) is 0. The average Bonchev–Trinajstić information content (AvgIpc) is 2.65. The third-order valence-corrected chi connectivity index (χ3v) is 1.57. The summed E-state index contributed by atoms with van der Waals surface area (Å²) in [6, 6.07) is 1.85. The van der Waals surface area contributed by atoms with Gasteiger partial charge in [-0.05, 0) is 6.92 Å². The fraction of sp³-hybridized carbons (Fsp3) is 0.375. The average molecular weight is 178 g/mol. The van der Waals surface area contributed by atoms with Gasteiger partial charge in [-0.2, -0.15) is 5.26 Å². The van der Waals surface area contributed by atoms with Crippen LogP contribution in [-0.2, 0) is 11.3 Å². The number of nitrogens with zero attached hydrogens (tertiary/aromatic N) is 2. The molecule has 0 bridgehead atoms. The van der Waals surface area contributed by atoms with Crippen LogP contribution in [0.15, 0.2) is 12.4 Å². The third kappa shape index (κ3) is 2.60. The van der Waals surface area contributed by atoms with Gasteiger partial charge in [0.2, 0.25) is 5.91 Å². The minimum atomic E-state index is -0.616. The van der Waals surface area contributed by atoms with E-state index in [1.54, 1.807) is 19.3 Å². The Morgan fingerprint density at radius 2 is 2.69 bits per heavy atom. The predicted molar refractivity (Wildman–Crippen MR) is 45.2 cm³/mol. The van der Waals surface area contributed by atoms with Crippen LogP contribution in [0.1, 0.15) is 12.7 Å². The number of hydrogen-bond acceptors (Lipinski definition) is 3. The fourth-order valence-electron chi connectivity index (χ4n) is 0.777. The topological polar surface area (TPSA) is 81.6 Å². The number of H-pyrrole nitrogens is 1. The number of carbonyl (C=O) groups is 1. The lowest BCUT2D eigenvalue weighted by molar-refractivity contribution is -0.123. The molecule has 1 atom stereocenters. The number of rotatable bonds is 3. The molecule has 2 N–H and O–H groups in total. The zero-order chi connectivity index (χ0) is 9.68. The summed E-state index contributed by atoms with van der Waals surface area (Å²) in [6.07, 6.45) is 3.28. The lowest BCUT2D eigenvalue weighted by Crippen LogP contribution is -2.28. The van der Waals surface area contributed by atoms with Crippen molar-refractivity contribution >= 4 is 5.91 Å². The number of aromatic amines is 1. The Hall–Kier alpha value is -1.83. The van der Waals surface area contributed by atoms with Crippen LogP contribution < -0.4 is 5.32 Å². The van der Waals surface area contributed by atoms with Gasteiger partial charge in [0, 0.05) is 12.4 Å². The summed E-state index contributed by atoms with van der Waals surface area (Å²) in [5.41, 5.74) is 0. The molecule has 1 heterocycles. The summed E-state index contributed by atoms with van der Waals surface area (Å²) in [4.78, 5) is 17.9. The molecule has 0 fully saturated rings. The molecular formula is C8H10N4O. The minimum Gasteiger partial charge on any atom is -0.348 e. The van der Waals surface area contributed by atoms with E-state index in [2.05, 4.69) is 15.3 Å². The highest BCUT2D eigenvalue weighted by atomic mass is 16.1. The minimum absolute atomic E-state index is 0.279. The molecule has 1 rings (SSSR count). The Kier molecular flexibility index (Phi) is 3.03. The van der Waals surface area contributed by atoms with Crippen molar-refractivity contribution in [3.05, 3.63) is 18.2 Å². The first kappa shape index (κ1) is 9.26. The van der Waals surface area contributed by atoms with E-state index in [0.717, 1.165) is 0 Å². The van der Waals surface area contributed by atoms with E-state index in [0.29, 0.717) is 12.4 Å². The summed E-state index contributed by atoms with van der Waals surface area (Å²) >= 11 is 0. The Labute approximate surface area is 75.8 Å². The van der Waals surface area contributed by atoms with Crippen LogP contribution in [0.2, 0.25) is 0 Å². The zero-order valence-electron chi connectivity index (χ0n) is 7.24. The van der Waals surface area contributed by atoms with E-state index in [9.17, 15) is 4.79 Å². The summed E-state index contributed by atoms with van der Waals surface area (Å²) in [5, 5.41) is 11.0. The van der Waals surface area contributed by atoms with Gasteiger partial charge >= 0.3 is 0 Å². The van der Waals surface area contributed by atoms with Gasteiger partial charge in [-0.15, -0.1) is 0 Å². The van der Waals surface area contributed by atoms with E-state index in [-0.39, 0.29) is 5.91 Å². The van der Waals surface area contributed by atoms with E-state index in [1.165, 1.54) is 0 Å². The summed E-state index contributed by atoms with van der Waals surface area (Å²) in [5.74, 6) is -0.215. The first-order valence-corrected chi connectivity index (χ1v) is 3.89. The van der Waals surface area contributed by atoms with Crippen molar-refractivity contribution in [3.8, 4) is 6.07 Å². The van der Waals surface area contributed by atoms with Crippen molar-refractivity contribution in [2.45, 2.75) is 13.5 Å². The number of aromatic nitrogens is 2. The van der Waals surface area contributed by atoms with Gasteiger partial charge in [-0.25, -0.2) is 4.98 Å². The van der Waals surface area contributed by atoms with Crippen LogP contribution in [-0.4, -0.2) is 15.9 Å². The monoisotopic (exact) mass is 178 g/mol. The second-order valence-electron chi connectivity index (χ2n) is 2.60. The second kappa shape index (κ2) is 4.26. The molecule has 0 aliphatic carbocycles. The van der Waals surface area contributed by atoms with Crippen LogP contribution in [0.3, 0.4) is 0 Å². The van der Waals surface area contributed by atoms with Gasteiger partial charge in [-0.1, -0.05) is 0 Å². The first-order chi connectivity index (χ1) is 6.24. The Balaban J connectivity index is 2.36. The number of carbonyl (C=O) groups excluding carboxylic acids is 1. The highest BCUT2D eigenvalue weighted by Gasteiger charge is 2.10. The number of nitrogens with one attached hydrogen (secondary N) is 2. The van der Waals surface area contributed by atoms with Crippen molar-refractivity contribution in [2.75, 3.05) is 0 Å². The molecule has 1 unspecified atom stereocenters. The maximum atomic E-state index is 11.1. The molecule has 13 heavy (non-hydrogen) atoms. The molecule has 0 radical (unpaired) electrons. The maximum Gasteiger partial charge on any atom is 0.237 e. The van der Waals surface area contributed by atoms with Crippen molar-refractivity contribution in [3.63, 3.8) is 0 Å². The highest BCUT2D eigenvalue weighted by Crippen LogP contribution is 1.93. The van der Waals surface area contributed by atoms with E-state index < -0.39 is 5.92 Å². The smallest absolute Gasteiger partial charge is 0.237 e. The van der Waals surface area contributed by atoms with Crippen molar-refractivity contribution in [2.24, 2.45) is 5.92 Å². The van der Waals surface area contributed by atoms with Crippen LogP contribution in [0, 0.1) is 17.2 Å². The van der Waals surface area contributed by atoms with Gasteiger partial charge in [-0.3, -0.25) is 4.79 Å². The molecule has 1 aromatic rings. The zero-order valence-corrected chi connectivity index (χ0v) is 7.24. The van der Waals surface area contributed by atoms with Gasteiger partial charge in [0.15, 0.2) is 0 Å². The second-order valence-corrected chi connectivity index (χ2v) is 2.60. The normalized spacial score (nSPS) is 11.7. The molecule has 0 saturated heterocycles. The number of imidazole rings is 1. The molecule has 0 aliphatic heterocycles. The molecular weight excluding hydrogens is 168 g/mol. The molecule has 0 spiro atoms. The van der Waals surface area contributed by atoms with Gasteiger partial charge in [0.1, 0.15) is 11.7 Å². The lowest BCUT2D eigenvalue weighted by Gasteiger charge is -2.03. The van der Waals surface area contributed by atoms with E-state index in [1.807, 2.05) is 6.07 Å². The van der Waals surface area contributed by atoms with Crippen LogP contribution in [0.4, 0.5) is 0 Å². The van der Waals surface area contributed by atoms with E-state index in [4.69, 9.17) is 5.26 Å². The highest BCUT2D eigenvalue weighted by molar-refractivity contribution is 5.80. The third-order valence-electron chi connectivity index (χ3n) is 1.57. The molecule has 0 saturated carbocycles. The van der Waals surface area contributed by atoms with Crippen LogP contribution in [0.5, 0.6) is 0 Å². The fourth-order valence-corrected chi connectivity index (χ4v) is 0.777. The van der Waals surface area contributed by atoms with Crippen molar-refractivity contribution < 1.29 is 4.79 Å². The first-order valence-electron chi connectivity index (χ1n) is 3.89. The summed E-state index contributed by atoms with van der Waals surface area (Å²) in [6.45, 7) is 1.88. The molecule has 5 nitrogen and oxygen atoms in total. The Morgan fingerprint density at radius 3 is 3.23 bits per heavy atom. The number of amides is 1. The van der Waals surface area contributed by atoms with Gasteiger partial charge in [0.05, 0.1) is 12.6 Å². The lowest BCUT2D eigenvalue weighted by atomic mass is 10.2. The van der Waals surface area contributed by atoms with Crippen molar-refractivity contribution in [1.29, 1.82) is 5.26 Å². The molecule has 5 heteroatoms. The number of nitriles is 1. The molecule has 1 aromatic heterocycles. The Morgan fingerprint density at radius 1 is 1.92 bits per heavy atom. The van der Waals surface area contributed by atoms with Crippen molar-refractivity contribution in [1.82, 2.24) is 15.3 Å². The molecule has 0 aliphatic rings. The molecule has 68 valence electrons. The maximum absolute atomic E-state index is 11.1. The quantitative estimate of drug-likeness (QED) is 0.693. The largest absolute Gasteiger partial charge is 0.348 e. The summed E-state index contributed by atoms with van der Waals surface area (Å²) < 4.78 is 0. The Bertz CT molecular complexity index is 311. The van der Waals surface area contributed by atoms with Crippen LogP contribution >= 0.6 is 0 Å². The predicted octanol–water partition coefficient (Wildman–Crippen LogP) is 0.186. The van der Waals surface area contributed by atoms with E-state index >= 15 is 0 Å². The van der Waals surface area contributed by atoms with Crippen LogP contribution in [0.25, 0.3) is 0 Å². The standard InChI is InChI=1S/C8H10N4O/c1-6(4-9)8(13)12-5-7-10-2-3-11-7/h2-3,6H,5H2,1H3,(H,10,11)(H,12,13). The SMILES string of the molecule is CC(C#N)C(=O)NCc1ncc[nH]1. The number of hydrogen-bond donors (Lipinski definition) is 2. The van der Waals surface area contributed by atoms with Gasteiger partial charge in [0.25, 0.3) is 0 Å².